The zero-order chi connectivity index (χ0) is 22.5. The molecule has 6 nitrogen and oxygen atoms in total. The highest BCUT2D eigenvalue weighted by molar-refractivity contribution is 9.10. The van der Waals surface area contributed by atoms with Crippen LogP contribution < -0.4 is 25.4 Å². The van der Waals surface area contributed by atoms with E-state index in [1.165, 1.54) is 0 Å². The van der Waals surface area contributed by atoms with E-state index < -0.39 is 6.04 Å². The number of nitrogens with one attached hydrogen (secondary N) is 3. The van der Waals surface area contributed by atoms with Gasteiger partial charge >= 0.3 is 0 Å². The fourth-order valence-corrected chi connectivity index (χ4v) is 4.07. The molecule has 0 bridgehead atoms. The lowest BCUT2D eigenvalue weighted by Crippen LogP contribution is -2.45. The molecule has 3 N–H and O–H groups in total. The molecular weight excluding hydrogens is 502 g/mol. The fraction of sp³-hybridized carbons (Fsp3) is 0.273. The molecule has 0 spiro atoms. The van der Waals surface area contributed by atoms with Crippen molar-refractivity contribution in [2.75, 3.05) is 18.5 Å². The summed E-state index contributed by atoms with van der Waals surface area (Å²) in [6.45, 7) is 6.53. The molecule has 2 aromatic rings. The Kier molecular flexibility index (Phi) is 7.80. The minimum absolute atomic E-state index is 0.268. The Morgan fingerprint density at radius 3 is 2.39 bits per heavy atom. The third-order valence-corrected chi connectivity index (χ3v) is 5.67. The van der Waals surface area contributed by atoms with Crippen LogP contribution in [0.15, 0.2) is 52.1 Å². The molecule has 31 heavy (non-hydrogen) atoms. The Morgan fingerprint density at radius 2 is 1.77 bits per heavy atom. The van der Waals surface area contributed by atoms with E-state index in [0.717, 1.165) is 4.47 Å². The molecule has 0 saturated carbocycles. The molecule has 9 heteroatoms. The molecule has 1 heterocycles. The first-order valence-corrected chi connectivity index (χ1v) is 11.4. The van der Waals surface area contributed by atoms with Gasteiger partial charge in [-0.3, -0.25) is 4.79 Å². The third-order valence-electron chi connectivity index (χ3n) is 4.59. The number of allylic oxidation sites excluding steroid dienone is 1. The SMILES string of the molecule is CCOc1cc(Cl)c([C@H]2NC(=S)NC(C)=C2C(=O)Nc2ccc(Br)cc2)cc1OCC. The molecular formula is C22H23BrClN3O3S. The first-order chi connectivity index (χ1) is 14.8. The number of hydrogen-bond acceptors (Lipinski definition) is 4. The van der Waals surface area contributed by atoms with Crippen LogP contribution in [-0.2, 0) is 4.79 Å². The van der Waals surface area contributed by atoms with Crippen LogP contribution in [0.25, 0.3) is 0 Å². The summed E-state index contributed by atoms with van der Waals surface area (Å²) >= 11 is 15.4. The normalized spacial score (nSPS) is 15.8. The number of rotatable bonds is 7. The van der Waals surface area contributed by atoms with Crippen molar-refractivity contribution in [2.24, 2.45) is 0 Å². The van der Waals surface area contributed by atoms with Crippen molar-refractivity contribution in [1.29, 1.82) is 0 Å². The summed E-state index contributed by atoms with van der Waals surface area (Å²) in [4.78, 5) is 13.2. The van der Waals surface area contributed by atoms with Gasteiger partial charge in [-0.25, -0.2) is 0 Å². The molecule has 1 aliphatic rings. The van der Waals surface area contributed by atoms with Gasteiger partial charge in [0.05, 0.1) is 29.9 Å². The quantitative estimate of drug-likeness (QED) is 0.425. The number of amides is 1. The molecule has 3 rings (SSSR count). The second kappa shape index (κ2) is 10.3. The minimum atomic E-state index is -0.563. The molecule has 2 aromatic carbocycles. The fourth-order valence-electron chi connectivity index (χ4n) is 3.27. The first-order valence-electron chi connectivity index (χ1n) is 9.78. The molecule has 0 saturated heterocycles. The van der Waals surface area contributed by atoms with Gasteiger partial charge in [0.2, 0.25) is 0 Å². The van der Waals surface area contributed by atoms with Crippen LogP contribution in [-0.4, -0.2) is 24.2 Å². The second-order valence-corrected chi connectivity index (χ2v) is 8.45. The van der Waals surface area contributed by atoms with Crippen molar-refractivity contribution in [3.8, 4) is 11.5 Å². The van der Waals surface area contributed by atoms with E-state index in [-0.39, 0.29) is 5.91 Å². The largest absolute Gasteiger partial charge is 0.490 e. The number of benzene rings is 2. The number of carbonyl (C=O) groups is 1. The van der Waals surface area contributed by atoms with Gasteiger partial charge in [-0.2, -0.15) is 0 Å². The van der Waals surface area contributed by atoms with Crippen LogP contribution in [0, 0.1) is 0 Å². The maximum Gasteiger partial charge on any atom is 0.255 e. The van der Waals surface area contributed by atoms with Crippen molar-refractivity contribution >= 4 is 56.5 Å². The molecule has 0 radical (unpaired) electrons. The van der Waals surface area contributed by atoms with Gasteiger partial charge in [-0.1, -0.05) is 27.5 Å². The molecule has 1 aliphatic heterocycles. The van der Waals surface area contributed by atoms with Gasteiger partial charge in [-0.05, 0) is 63.3 Å². The Balaban J connectivity index is 2.02. The van der Waals surface area contributed by atoms with E-state index in [0.29, 0.717) is 57.4 Å². The maximum atomic E-state index is 13.2. The molecule has 0 aliphatic carbocycles. The molecule has 0 aromatic heterocycles. The second-order valence-electron chi connectivity index (χ2n) is 6.72. The number of thiocarbonyl (C=S) groups is 1. The van der Waals surface area contributed by atoms with Crippen LogP contribution in [0.5, 0.6) is 11.5 Å². The van der Waals surface area contributed by atoms with Gasteiger partial charge in [0, 0.05) is 27.5 Å². The van der Waals surface area contributed by atoms with E-state index in [1.54, 1.807) is 12.1 Å². The summed E-state index contributed by atoms with van der Waals surface area (Å²) in [5.41, 5.74) is 2.46. The Morgan fingerprint density at radius 1 is 1.16 bits per heavy atom. The zero-order valence-corrected chi connectivity index (χ0v) is 20.5. The number of anilines is 1. The van der Waals surface area contributed by atoms with E-state index in [4.69, 9.17) is 33.3 Å². The Hall–Kier alpha value is -2.29. The predicted octanol–water partition coefficient (Wildman–Crippen LogP) is 5.33. The van der Waals surface area contributed by atoms with Crippen molar-refractivity contribution in [1.82, 2.24) is 10.6 Å². The lowest BCUT2D eigenvalue weighted by Gasteiger charge is -2.31. The summed E-state index contributed by atoms with van der Waals surface area (Å²) in [7, 11) is 0. The summed E-state index contributed by atoms with van der Waals surface area (Å²) in [5.74, 6) is 0.840. The predicted molar refractivity (Wildman–Crippen MR) is 131 cm³/mol. The standard InChI is InChI=1S/C22H23BrClN3O3S/c1-4-29-17-10-15(16(24)11-18(17)30-5-2)20-19(12(3)25-22(31)27-20)21(28)26-14-8-6-13(23)7-9-14/h6-11,20H,4-5H2,1-3H3,(H,26,28)(H2,25,27,31)/t20-/m1/s1. The minimum Gasteiger partial charge on any atom is -0.490 e. The maximum absolute atomic E-state index is 13.2. The van der Waals surface area contributed by atoms with Crippen molar-refractivity contribution in [2.45, 2.75) is 26.8 Å². The van der Waals surface area contributed by atoms with E-state index in [2.05, 4.69) is 31.9 Å². The van der Waals surface area contributed by atoms with Crippen molar-refractivity contribution < 1.29 is 14.3 Å². The number of hydrogen-bond donors (Lipinski definition) is 3. The Bertz CT molecular complexity index is 1030. The van der Waals surface area contributed by atoms with Crippen LogP contribution >= 0.6 is 39.7 Å². The average Bonchev–Trinajstić information content (AvgIpc) is 2.71. The van der Waals surface area contributed by atoms with Gasteiger partial charge in [0.1, 0.15) is 0 Å². The molecule has 0 fully saturated rings. The molecule has 1 amide bonds. The lowest BCUT2D eigenvalue weighted by atomic mass is 9.94. The summed E-state index contributed by atoms with van der Waals surface area (Å²) < 4.78 is 12.3. The molecule has 0 unspecified atom stereocenters. The molecule has 164 valence electrons. The Labute approximate surface area is 200 Å². The monoisotopic (exact) mass is 523 g/mol. The van der Waals surface area contributed by atoms with E-state index in [9.17, 15) is 4.79 Å². The summed E-state index contributed by atoms with van der Waals surface area (Å²) in [6.07, 6.45) is 0. The highest BCUT2D eigenvalue weighted by atomic mass is 79.9. The van der Waals surface area contributed by atoms with Crippen LogP contribution in [0.3, 0.4) is 0 Å². The summed E-state index contributed by atoms with van der Waals surface area (Å²) in [5, 5.41) is 9.98. The highest BCUT2D eigenvalue weighted by Gasteiger charge is 2.32. The third kappa shape index (κ3) is 5.50. The van der Waals surface area contributed by atoms with E-state index in [1.807, 2.05) is 45.0 Å². The van der Waals surface area contributed by atoms with Crippen LogP contribution in [0.1, 0.15) is 32.4 Å². The van der Waals surface area contributed by atoms with E-state index >= 15 is 0 Å². The smallest absolute Gasteiger partial charge is 0.255 e. The summed E-state index contributed by atoms with van der Waals surface area (Å²) in [6, 6.07) is 10.3. The topological polar surface area (TPSA) is 71.6 Å². The number of carbonyl (C=O) groups excluding carboxylic acids is 1. The van der Waals surface area contributed by atoms with Crippen molar-refractivity contribution in [3.05, 3.63) is 62.7 Å². The first kappa shape index (κ1) is 23.4. The zero-order valence-electron chi connectivity index (χ0n) is 17.3. The van der Waals surface area contributed by atoms with Gasteiger partial charge in [0.25, 0.3) is 5.91 Å². The van der Waals surface area contributed by atoms with Crippen LogP contribution in [0.2, 0.25) is 5.02 Å². The number of halogens is 2. The highest BCUT2D eigenvalue weighted by Crippen LogP contribution is 2.39. The number of ether oxygens (including phenoxy) is 2. The van der Waals surface area contributed by atoms with Gasteiger partial charge in [-0.15, -0.1) is 0 Å². The van der Waals surface area contributed by atoms with Gasteiger partial charge < -0.3 is 25.4 Å². The average molecular weight is 525 g/mol. The van der Waals surface area contributed by atoms with Crippen LogP contribution in [0.4, 0.5) is 5.69 Å². The van der Waals surface area contributed by atoms with Crippen molar-refractivity contribution in [3.63, 3.8) is 0 Å². The van der Waals surface area contributed by atoms with Gasteiger partial charge in [0.15, 0.2) is 16.6 Å². The lowest BCUT2D eigenvalue weighted by molar-refractivity contribution is -0.113. The molecule has 1 atom stereocenters.